The summed E-state index contributed by atoms with van der Waals surface area (Å²) < 4.78 is 13.4. The maximum absolute atomic E-state index is 13.4. The maximum Gasteiger partial charge on any atom is 0.272 e. The number of thioether (sulfide) groups is 1. The zero-order valence-electron chi connectivity index (χ0n) is 11.6. The lowest BCUT2D eigenvalue weighted by Crippen LogP contribution is -2.42. The van der Waals surface area contributed by atoms with Crippen molar-refractivity contribution in [2.24, 2.45) is 0 Å². The Morgan fingerprint density at radius 2 is 1.65 bits per heavy atom. The van der Waals surface area contributed by atoms with Crippen molar-refractivity contribution in [2.45, 2.75) is 4.90 Å². The quantitative estimate of drug-likeness (QED) is 0.635. The number of hydrogen-bond acceptors (Lipinski definition) is 3. The summed E-state index contributed by atoms with van der Waals surface area (Å²) in [5.41, 5.74) is 4.19. The Morgan fingerprint density at radius 1 is 1.00 bits per heavy atom. The number of halogens is 3. The predicted octanol–water partition coefficient (Wildman–Crippen LogP) is 3.69. The van der Waals surface area contributed by atoms with E-state index in [1.54, 1.807) is 18.2 Å². The zero-order valence-corrected chi connectivity index (χ0v) is 13.9. The third-order valence-electron chi connectivity index (χ3n) is 2.70. The van der Waals surface area contributed by atoms with Gasteiger partial charge < -0.3 is 0 Å². The fourth-order valence-electron chi connectivity index (χ4n) is 1.63. The minimum atomic E-state index is -0.739. The van der Waals surface area contributed by atoms with E-state index in [0.717, 1.165) is 17.8 Å². The number of amides is 2. The van der Waals surface area contributed by atoms with Crippen molar-refractivity contribution in [3.63, 3.8) is 0 Å². The normalized spacial score (nSPS) is 10.2. The molecule has 2 N–H and O–H groups in total. The van der Waals surface area contributed by atoms with Crippen LogP contribution < -0.4 is 10.9 Å². The molecule has 2 amide bonds. The Kier molecular flexibility index (Phi) is 6.27. The molecule has 0 heterocycles. The first kappa shape index (κ1) is 17.6. The van der Waals surface area contributed by atoms with Crippen LogP contribution in [-0.4, -0.2) is 17.6 Å². The molecule has 0 aliphatic heterocycles. The highest BCUT2D eigenvalue weighted by atomic mass is 35.5. The number of benzene rings is 2. The lowest BCUT2D eigenvalue weighted by atomic mass is 10.2. The molecular weight excluding hydrogens is 362 g/mol. The first-order valence-electron chi connectivity index (χ1n) is 6.39. The molecule has 2 rings (SSSR count). The summed E-state index contributed by atoms with van der Waals surface area (Å²) in [6.07, 6.45) is 0. The van der Waals surface area contributed by atoms with Gasteiger partial charge in [0.15, 0.2) is 0 Å². The van der Waals surface area contributed by atoms with Crippen LogP contribution in [0.15, 0.2) is 47.4 Å². The Labute approximate surface area is 146 Å². The first-order valence-corrected chi connectivity index (χ1v) is 8.13. The minimum Gasteiger partial charge on any atom is -0.272 e. The zero-order chi connectivity index (χ0) is 16.8. The molecule has 0 aliphatic rings. The monoisotopic (exact) mass is 372 g/mol. The molecule has 0 bridgehead atoms. The summed E-state index contributed by atoms with van der Waals surface area (Å²) in [7, 11) is 0. The lowest BCUT2D eigenvalue weighted by Gasteiger charge is -2.09. The van der Waals surface area contributed by atoms with Gasteiger partial charge in [-0.05, 0) is 24.3 Å². The summed E-state index contributed by atoms with van der Waals surface area (Å²) in [5.74, 6) is -1.90. The average molecular weight is 373 g/mol. The number of hydrogen-bond donors (Lipinski definition) is 2. The fraction of sp³-hybridized carbons (Fsp3) is 0.0667. The second-order valence-electron chi connectivity index (χ2n) is 4.32. The first-order chi connectivity index (χ1) is 11.0. The van der Waals surface area contributed by atoms with E-state index >= 15 is 0 Å². The summed E-state index contributed by atoms with van der Waals surface area (Å²) in [4.78, 5) is 24.0. The SMILES string of the molecule is O=C(CSc1c(Cl)cccc1Cl)NNC(=O)c1ccccc1F. The van der Waals surface area contributed by atoms with Gasteiger partial charge in [0.25, 0.3) is 5.91 Å². The number of nitrogens with one attached hydrogen (secondary N) is 2. The lowest BCUT2D eigenvalue weighted by molar-refractivity contribution is -0.119. The predicted molar refractivity (Wildman–Crippen MR) is 89.2 cm³/mol. The van der Waals surface area contributed by atoms with Crippen molar-refractivity contribution < 1.29 is 14.0 Å². The van der Waals surface area contributed by atoms with Crippen molar-refractivity contribution in [3.05, 3.63) is 63.9 Å². The van der Waals surface area contributed by atoms with Crippen LogP contribution in [-0.2, 0) is 4.79 Å². The van der Waals surface area contributed by atoms with E-state index in [0.29, 0.717) is 14.9 Å². The molecule has 23 heavy (non-hydrogen) atoms. The molecule has 0 fully saturated rings. The Balaban J connectivity index is 1.86. The highest BCUT2D eigenvalue weighted by Gasteiger charge is 2.13. The van der Waals surface area contributed by atoms with Gasteiger partial charge in [-0.3, -0.25) is 20.4 Å². The van der Waals surface area contributed by atoms with Crippen molar-refractivity contribution in [2.75, 3.05) is 5.75 Å². The van der Waals surface area contributed by atoms with Gasteiger partial charge in [-0.2, -0.15) is 0 Å². The van der Waals surface area contributed by atoms with E-state index in [2.05, 4.69) is 10.9 Å². The number of carbonyl (C=O) groups excluding carboxylic acids is 2. The summed E-state index contributed by atoms with van der Waals surface area (Å²) in [5, 5.41) is 0.872. The van der Waals surface area contributed by atoms with Gasteiger partial charge in [-0.15, -0.1) is 11.8 Å². The highest BCUT2D eigenvalue weighted by molar-refractivity contribution is 8.00. The highest BCUT2D eigenvalue weighted by Crippen LogP contribution is 2.33. The second-order valence-corrected chi connectivity index (χ2v) is 6.12. The standard InChI is InChI=1S/C15H11Cl2FN2O2S/c16-10-5-3-6-11(17)14(10)23-8-13(21)19-20-15(22)9-4-1-2-7-12(9)18/h1-7H,8H2,(H,19,21)(H,20,22). The average Bonchev–Trinajstić information content (AvgIpc) is 2.52. The molecule has 0 spiro atoms. The second kappa shape index (κ2) is 8.19. The minimum absolute atomic E-state index is 0.0129. The van der Waals surface area contributed by atoms with Gasteiger partial charge in [0.2, 0.25) is 5.91 Å². The smallest absolute Gasteiger partial charge is 0.272 e. The largest absolute Gasteiger partial charge is 0.272 e. The molecule has 0 saturated carbocycles. The van der Waals surface area contributed by atoms with E-state index < -0.39 is 17.6 Å². The van der Waals surface area contributed by atoms with Crippen LogP contribution in [0.25, 0.3) is 0 Å². The van der Waals surface area contributed by atoms with Gasteiger partial charge >= 0.3 is 0 Å². The molecule has 8 heteroatoms. The van der Waals surface area contributed by atoms with Crippen molar-refractivity contribution in [3.8, 4) is 0 Å². The maximum atomic E-state index is 13.4. The van der Waals surface area contributed by atoms with Crippen LogP contribution in [0.1, 0.15) is 10.4 Å². The molecule has 2 aromatic carbocycles. The molecule has 4 nitrogen and oxygen atoms in total. The number of carbonyl (C=O) groups is 2. The van der Waals surface area contributed by atoms with Gasteiger partial charge in [0.05, 0.1) is 21.4 Å². The van der Waals surface area contributed by atoms with Crippen LogP contribution in [0, 0.1) is 5.82 Å². The van der Waals surface area contributed by atoms with E-state index in [-0.39, 0.29) is 11.3 Å². The molecule has 0 atom stereocenters. The van der Waals surface area contributed by atoms with Crippen LogP contribution in [0.4, 0.5) is 4.39 Å². The Morgan fingerprint density at radius 3 is 2.30 bits per heavy atom. The fourth-order valence-corrected chi connectivity index (χ4v) is 3.12. The number of hydrazine groups is 1. The van der Waals surface area contributed by atoms with Crippen molar-refractivity contribution >= 4 is 46.8 Å². The Bertz CT molecular complexity index is 723. The molecule has 120 valence electrons. The van der Waals surface area contributed by atoms with E-state index in [1.807, 2.05) is 0 Å². The molecular formula is C15H11Cl2FN2O2S. The van der Waals surface area contributed by atoms with Crippen LogP contribution >= 0.6 is 35.0 Å². The van der Waals surface area contributed by atoms with E-state index in [4.69, 9.17) is 23.2 Å². The summed E-state index contributed by atoms with van der Waals surface area (Å²) in [6.45, 7) is 0. The van der Waals surface area contributed by atoms with Crippen LogP contribution in [0.5, 0.6) is 0 Å². The van der Waals surface area contributed by atoms with Gasteiger partial charge in [0.1, 0.15) is 5.82 Å². The molecule has 0 aliphatic carbocycles. The third-order valence-corrected chi connectivity index (χ3v) is 4.69. The van der Waals surface area contributed by atoms with Gasteiger partial charge in [-0.25, -0.2) is 4.39 Å². The van der Waals surface area contributed by atoms with Crippen LogP contribution in [0.3, 0.4) is 0 Å². The molecule has 0 radical (unpaired) electrons. The van der Waals surface area contributed by atoms with Crippen molar-refractivity contribution in [1.29, 1.82) is 0 Å². The van der Waals surface area contributed by atoms with Gasteiger partial charge in [0, 0.05) is 4.90 Å². The summed E-state index contributed by atoms with van der Waals surface area (Å²) >= 11 is 13.1. The third kappa shape index (κ3) is 4.86. The molecule has 0 aromatic heterocycles. The van der Waals surface area contributed by atoms with Crippen LogP contribution in [0.2, 0.25) is 10.0 Å². The van der Waals surface area contributed by atoms with E-state index in [9.17, 15) is 14.0 Å². The molecule has 2 aromatic rings. The number of rotatable bonds is 4. The van der Waals surface area contributed by atoms with Gasteiger partial charge in [-0.1, -0.05) is 41.4 Å². The Hall–Kier alpha value is -1.76. The topological polar surface area (TPSA) is 58.2 Å². The molecule has 0 saturated heterocycles. The van der Waals surface area contributed by atoms with Crippen molar-refractivity contribution in [1.82, 2.24) is 10.9 Å². The summed E-state index contributed by atoms with van der Waals surface area (Å²) in [6, 6.07) is 10.5. The van der Waals surface area contributed by atoms with E-state index in [1.165, 1.54) is 18.2 Å². The molecule has 0 unspecified atom stereocenters.